The van der Waals surface area contributed by atoms with E-state index >= 15 is 0 Å². The molecular weight excluding hydrogens is 434 g/mol. The molecule has 1 saturated heterocycles. The molecule has 33 heavy (non-hydrogen) atoms. The van der Waals surface area contributed by atoms with Gasteiger partial charge in [0.25, 0.3) is 0 Å². The summed E-state index contributed by atoms with van der Waals surface area (Å²) in [5.74, 6) is 0.139. The monoisotopic (exact) mass is 467 g/mol. The molecule has 0 aromatic heterocycles. The summed E-state index contributed by atoms with van der Waals surface area (Å²) in [4.78, 5) is 29.7. The molecule has 0 spiro atoms. The molecule has 2 aromatic carbocycles. The Bertz CT molecular complexity index is 1010. The van der Waals surface area contributed by atoms with Crippen LogP contribution in [0.4, 0.5) is 0 Å². The lowest BCUT2D eigenvalue weighted by molar-refractivity contribution is -0.154. The number of rotatable bonds is 8. The standard InChI is InChI=1S/C26H33N3O3S/c1-4-18(5-2)24-25(30)28-23(21-14-19-8-6-7-9-20(19)15-21)26(31)29(24)16-17-10-12-22(13-11-17)33(32)27-3/h6-13,18,21,23-24,27H,4-5,14-16H2,1-3H3,(H,28,30)/t23-,24-,33?/m1/s1. The molecule has 176 valence electrons. The van der Waals surface area contributed by atoms with Crippen LogP contribution in [-0.4, -0.2) is 40.1 Å². The first-order valence-electron chi connectivity index (χ1n) is 11.8. The average Bonchev–Trinajstić information content (AvgIpc) is 3.27. The number of amides is 2. The molecule has 0 bridgehead atoms. The molecule has 2 amide bonds. The second-order valence-corrected chi connectivity index (χ2v) is 10.4. The Morgan fingerprint density at radius 1 is 1.03 bits per heavy atom. The van der Waals surface area contributed by atoms with Crippen molar-refractivity contribution in [1.29, 1.82) is 0 Å². The van der Waals surface area contributed by atoms with Crippen molar-refractivity contribution < 1.29 is 13.8 Å². The molecule has 1 unspecified atom stereocenters. The summed E-state index contributed by atoms with van der Waals surface area (Å²) in [7, 11) is 0.393. The molecule has 0 radical (unpaired) electrons. The quantitative estimate of drug-likeness (QED) is 0.627. The average molecular weight is 468 g/mol. The van der Waals surface area contributed by atoms with E-state index in [9.17, 15) is 13.8 Å². The van der Waals surface area contributed by atoms with Crippen molar-refractivity contribution in [1.82, 2.24) is 14.9 Å². The predicted molar refractivity (Wildman–Crippen MR) is 130 cm³/mol. The lowest BCUT2D eigenvalue weighted by Crippen LogP contribution is -2.66. The van der Waals surface area contributed by atoms with Gasteiger partial charge in [-0.25, -0.2) is 8.93 Å². The Kier molecular flexibility index (Phi) is 7.29. The zero-order valence-electron chi connectivity index (χ0n) is 19.5. The van der Waals surface area contributed by atoms with E-state index in [4.69, 9.17) is 0 Å². The third-order valence-electron chi connectivity index (χ3n) is 7.18. The summed E-state index contributed by atoms with van der Waals surface area (Å²) in [6.07, 6.45) is 3.28. The van der Waals surface area contributed by atoms with Gasteiger partial charge >= 0.3 is 0 Å². The van der Waals surface area contributed by atoms with Crippen LogP contribution in [0.2, 0.25) is 0 Å². The van der Waals surface area contributed by atoms with Gasteiger partial charge in [0, 0.05) is 6.54 Å². The van der Waals surface area contributed by atoms with E-state index in [1.54, 1.807) is 11.9 Å². The van der Waals surface area contributed by atoms with Gasteiger partial charge in [-0.1, -0.05) is 63.1 Å². The summed E-state index contributed by atoms with van der Waals surface area (Å²) < 4.78 is 14.7. The summed E-state index contributed by atoms with van der Waals surface area (Å²) in [5.41, 5.74) is 3.47. The fourth-order valence-corrected chi connectivity index (χ4v) is 5.94. The smallest absolute Gasteiger partial charge is 0.246 e. The Morgan fingerprint density at radius 2 is 1.64 bits per heavy atom. The largest absolute Gasteiger partial charge is 0.342 e. The maximum Gasteiger partial charge on any atom is 0.246 e. The molecule has 2 aliphatic rings. The number of carbonyl (C=O) groups excluding carboxylic acids is 2. The van der Waals surface area contributed by atoms with E-state index in [1.165, 1.54) is 11.1 Å². The number of hydrogen-bond acceptors (Lipinski definition) is 3. The third kappa shape index (κ3) is 4.75. The number of fused-ring (bicyclic) bond motifs is 1. The van der Waals surface area contributed by atoms with Gasteiger partial charge in [0.15, 0.2) is 0 Å². The molecule has 1 aliphatic heterocycles. The molecule has 2 N–H and O–H groups in total. The van der Waals surface area contributed by atoms with Crippen LogP contribution in [0, 0.1) is 11.8 Å². The highest BCUT2D eigenvalue weighted by molar-refractivity contribution is 7.83. The maximum atomic E-state index is 13.8. The minimum Gasteiger partial charge on any atom is -0.342 e. The van der Waals surface area contributed by atoms with Gasteiger partial charge < -0.3 is 10.2 Å². The van der Waals surface area contributed by atoms with Crippen molar-refractivity contribution in [3.05, 3.63) is 65.2 Å². The lowest BCUT2D eigenvalue weighted by Gasteiger charge is -2.43. The first-order chi connectivity index (χ1) is 16.0. The lowest BCUT2D eigenvalue weighted by atomic mass is 9.86. The minimum atomic E-state index is -1.26. The van der Waals surface area contributed by atoms with Crippen LogP contribution in [0.1, 0.15) is 43.4 Å². The van der Waals surface area contributed by atoms with Crippen molar-refractivity contribution in [3.8, 4) is 0 Å². The van der Waals surface area contributed by atoms with Gasteiger partial charge in [0.1, 0.15) is 23.1 Å². The van der Waals surface area contributed by atoms with Gasteiger partial charge in [0.2, 0.25) is 11.8 Å². The zero-order chi connectivity index (χ0) is 23.5. The van der Waals surface area contributed by atoms with Gasteiger partial charge in [-0.05, 0) is 60.5 Å². The number of hydrogen-bond donors (Lipinski definition) is 2. The SMILES string of the molecule is CCC(CC)[C@@H]1C(=O)N[C@H](C2Cc3ccccc3C2)C(=O)N1Cc1ccc(S(=O)NC)cc1. The summed E-state index contributed by atoms with van der Waals surface area (Å²) in [6.45, 7) is 4.52. The highest BCUT2D eigenvalue weighted by atomic mass is 32.2. The van der Waals surface area contributed by atoms with Gasteiger partial charge in [-0.15, -0.1) is 0 Å². The first-order valence-corrected chi connectivity index (χ1v) is 13.0. The molecule has 3 atom stereocenters. The third-order valence-corrected chi connectivity index (χ3v) is 8.25. The molecule has 4 rings (SSSR count). The topological polar surface area (TPSA) is 78.5 Å². The van der Waals surface area contributed by atoms with Crippen LogP contribution in [0.15, 0.2) is 53.4 Å². The van der Waals surface area contributed by atoms with E-state index in [-0.39, 0.29) is 23.7 Å². The van der Waals surface area contributed by atoms with Crippen molar-refractivity contribution >= 4 is 22.8 Å². The second-order valence-electron chi connectivity index (χ2n) is 9.03. The van der Waals surface area contributed by atoms with Crippen molar-refractivity contribution in [3.63, 3.8) is 0 Å². The van der Waals surface area contributed by atoms with Crippen LogP contribution in [0.25, 0.3) is 0 Å². The van der Waals surface area contributed by atoms with Crippen LogP contribution >= 0.6 is 0 Å². The van der Waals surface area contributed by atoms with Crippen LogP contribution < -0.4 is 10.0 Å². The fraction of sp³-hybridized carbons (Fsp3) is 0.462. The molecule has 1 heterocycles. The van der Waals surface area contributed by atoms with Crippen LogP contribution in [0.5, 0.6) is 0 Å². The highest BCUT2D eigenvalue weighted by Crippen LogP contribution is 2.33. The van der Waals surface area contributed by atoms with E-state index in [1.807, 2.05) is 36.4 Å². The van der Waals surface area contributed by atoms with E-state index in [2.05, 4.69) is 36.0 Å². The fourth-order valence-electron chi connectivity index (χ4n) is 5.32. The molecule has 0 saturated carbocycles. The second kappa shape index (κ2) is 10.2. The zero-order valence-corrected chi connectivity index (χ0v) is 20.4. The number of carbonyl (C=O) groups is 2. The number of benzene rings is 2. The Hall–Kier alpha value is -2.51. The van der Waals surface area contributed by atoms with Gasteiger partial charge in [-0.3, -0.25) is 9.59 Å². The number of nitrogens with one attached hydrogen (secondary N) is 2. The number of nitrogens with zero attached hydrogens (tertiary/aromatic N) is 1. The number of piperazine rings is 1. The van der Waals surface area contributed by atoms with Crippen molar-refractivity contribution in [2.45, 2.75) is 63.1 Å². The molecular formula is C26H33N3O3S. The van der Waals surface area contributed by atoms with E-state index < -0.39 is 23.1 Å². The van der Waals surface area contributed by atoms with E-state index in [0.717, 1.165) is 31.2 Å². The summed E-state index contributed by atoms with van der Waals surface area (Å²) >= 11 is 0. The van der Waals surface area contributed by atoms with Gasteiger partial charge in [0.05, 0.1) is 4.90 Å². The highest BCUT2D eigenvalue weighted by Gasteiger charge is 2.46. The Morgan fingerprint density at radius 3 is 2.18 bits per heavy atom. The molecule has 2 aromatic rings. The van der Waals surface area contributed by atoms with Crippen LogP contribution in [0.3, 0.4) is 0 Å². The normalized spacial score (nSPS) is 21.9. The molecule has 1 aliphatic carbocycles. The molecule has 6 nitrogen and oxygen atoms in total. The van der Waals surface area contributed by atoms with Crippen molar-refractivity contribution in [2.75, 3.05) is 7.05 Å². The Balaban J connectivity index is 1.60. The van der Waals surface area contributed by atoms with E-state index in [0.29, 0.717) is 11.4 Å². The summed E-state index contributed by atoms with van der Waals surface area (Å²) in [5, 5.41) is 3.11. The molecule has 7 heteroatoms. The predicted octanol–water partition coefficient (Wildman–Crippen LogP) is 2.98. The molecule has 1 fully saturated rings. The maximum absolute atomic E-state index is 13.8. The minimum absolute atomic E-state index is 0.00665. The van der Waals surface area contributed by atoms with Gasteiger partial charge in [-0.2, -0.15) is 0 Å². The summed E-state index contributed by atoms with van der Waals surface area (Å²) in [6, 6.07) is 14.7. The first kappa shape index (κ1) is 23.6. The Labute approximate surface area is 198 Å². The van der Waals surface area contributed by atoms with Crippen LogP contribution in [-0.2, 0) is 40.0 Å². The van der Waals surface area contributed by atoms with Crippen molar-refractivity contribution in [2.24, 2.45) is 11.8 Å².